The Hall–Kier alpha value is -1.16. The van der Waals surface area contributed by atoms with E-state index in [1.165, 1.54) is 0 Å². The van der Waals surface area contributed by atoms with Gasteiger partial charge in [0.25, 0.3) is 0 Å². The molecule has 0 amide bonds. The van der Waals surface area contributed by atoms with Crippen molar-refractivity contribution in [2.45, 2.75) is 24.3 Å². The highest BCUT2D eigenvalue weighted by Crippen LogP contribution is 2.23. The molecule has 0 aromatic heterocycles. The Labute approximate surface area is 101 Å². The number of hydrogen-bond acceptors (Lipinski definition) is 4. The van der Waals surface area contributed by atoms with Gasteiger partial charge in [0.15, 0.2) is 0 Å². The number of ether oxygens (including phenoxy) is 1. The van der Waals surface area contributed by atoms with Crippen LogP contribution in [-0.4, -0.2) is 25.0 Å². The van der Waals surface area contributed by atoms with Crippen LogP contribution in [0, 0.1) is 0 Å². The Kier molecular flexibility index (Phi) is 2.84. The fourth-order valence-corrected chi connectivity index (χ4v) is 1.91. The molecule has 0 radical (unpaired) electrons. The summed E-state index contributed by atoms with van der Waals surface area (Å²) >= 11 is 4.44. The zero-order chi connectivity index (χ0) is 11.8. The van der Waals surface area contributed by atoms with Crippen LogP contribution in [0.3, 0.4) is 0 Å². The van der Waals surface area contributed by atoms with Gasteiger partial charge in [-0.1, -0.05) is 0 Å². The first-order chi connectivity index (χ1) is 7.52. The van der Waals surface area contributed by atoms with Crippen molar-refractivity contribution in [1.82, 2.24) is 5.32 Å². The van der Waals surface area contributed by atoms with Gasteiger partial charge in [0.1, 0.15) is 11.6 Å². The molecule has 1 aliphatic heterocycles. The number of benzene rings is 1. The summed E-state index contributed by atoms with van der Waals surface area (Å²) < 4.78 is 5.20. The molecule has 86 valence electrons. The smallest absolute Gasteiger partial charge is 0.130 e. The van der Waals surface area contributed by atoms with Crippen LogP contribution in [0.4, 0.5) is 0 Å². The summed E-state index contributed by atoms with van der Waals surface area (Å²) in [5.41, 5.74) is 1.02. The van der Waals surface area contributed by atoms with E-state index in [-0.39, 0.29) is 5.54 Å². The fourth-order valence-electron chi connectivity index (χ4n) is 1.66. The van der Waals surface area contributed by atoms with Gasteiger partial charge >= 0.3 is 0 Å². The molecule has 0 atom stereocenters. The van der Waals surface area contributed by atoms with Crippen molar-refractivity contribution in [2.24, 2.45) is 4.99 Å². The number of methoxy groups -OCH3 is 1. The maximum atomic E-state index is 5.20. The standard InChI is InChI=1S/C12H16N2OS/c1-12(2)7-13-11(14-12)9-6-8(15-3)4-5-10(9)16/h4-6,16H,7H2,1-3H3,(H,13,14). The molecule has 0 unspecified atom stereocenters. The molecule has 0 saturated carbocycles. The van der Waals surface area contributed by atoms with Gasteiger partial charge in [0, 0.05) is 10.5 Å². The molecule has 1 aromatic rings. The molecule has 0 fully saturated rings. The van der Waals surface area contributed by atoms with Crippen molar-refractivity contribution >= 4 is 18.5 Å². The summed E-state index contributed by atoms with van der Waals surface area (Å²) in [6.07, 6.45) is 0. The van der Waals surface area contributed by atoms with Gasteiger partial charge in [0.2, 0.25) is 0 Å². The van der Waals surface area contributed by atoms with Gasteiger partial charge in [-0.2, -0.15) is 0 Å². The third-order valence-corrected chi connectivity index (χ3v) is 2.94. The van der Waals surface area contributed by atoms with Crippen molar-refractivity contribution in [3.8, 4) is 5.75 Å². The lowest BCUT2D eigenvalue weighted by molar-refractivity contribution is 0.414. The average Bonchev–Trinajstić information content (AvgIpc) is 2.59. The first-order valence-electron chi connectivity index (χ1n) is 5.22. The van der Waals surface area contributed by atoms with E-state index in [0.29, 0.717) is 0 Å². The van der Waals surface area contributed by atoms with E-state index in [1.54, 1.807) is 7.11 Å². The van der Waals surface area contributed by atoms with Gasteiger partial charge in [-0.25, -0.2) is 0 Å². The first kappa shape index (κ1) is 11.3. The Morgan fingerprint density at radius 2 is 2.19 bits per heavy atom. The average molecular weight is 236 g/mol. The molecule has 3 nitrogen and oxygen atoms in total. The van der Waals surface area contributed by atoms with Crippen LogP contribution < -0.4 is 10.1 Å². The van der Waals surface area contributed by atoms with Crippen molar-refractivity contribution in [3.63, 3.8) is 0 Å². The normalized spacial score (nSPS) is 17.9. The highest BCUT2D eigenvalue weighted by Gasteiger charge is 2.26. The lowest BCUT2D eigenvalue weighted by atomic mass is 10.1. The third kappa shape index (κ3) is 2.16. The number of nitrogens with one attached hydrogen (secondary N) is 1. The van der Waals surface area contributed by atoms with Crippen LogP contribution in [0.25, 0.3) is 0 Å². The van der Waals surface area contributed by atoms with Crippen molar-refractivity contribution < 1.29 is 4.74 Å². The first-order valence-corrected chi connectivity index (χ1v) is 5.66. The second kappa shape index (κ2) is 4.01. The zero-order valence-electron chi connectivity index (χ0n) is 9.74. The number of rotatable bonds is 2. The molecule has 0 bridgehead atoms. The third-order valence-electron chi connectivity index (χ3n) is 2.55. The predicted molar refractivity (Wildman–Crippen MR) is 68.9 cm³/mol. The number of nitrogens with zero attached hydrogens (tertiary/aromatic N) is 1. The largest absolute Gasteiger partial charge is 0.497 e. The van der Waals surface area contributed by atoms with E-state index in [1.807, 2.05) is 18.2 Å². The molecule has 1 aliphatic rings. The zero-order valence-corrected chi connectivity index (χ0v) is 10.6. The quantitative estimate of drug-likeness (QED) is 0.771. The minimum atomic E-state index is 0.0264. The van der Waals surface area contributed by atoms with E-state index < -0.39 is 0 Å². The minimum Gasteiger partial charge on any atom is -0.497 e. The number of aliphatic imine (C=N–C) groups is 1. The molecule has 0 aliphatic carbocycles. The van der Waals surface area contributed by atoms with E-state index in [9.17, 15) is 0 Å². The summed E-state index contributed by atoms with van der Waals surface area (Å²) in [6.45, 7) is 5.04. The van der Waals surface area contributed by atoms with Crippen LogP contribution in [0.1, 0.15) is 19.4 Å². The Morgan fingerprint density at radius 3 is 2.75 bits per heavy atom. The van der Waals surface area contributed by atoms with Gasteiger partial charge in [-0.15, -0.1) is 12.6 Å². The van der Waals surface area contributed by atoms with Crippen LogP contribution in [0.5, 0.6) is 5.75 Å². The Morgan fingerprint density at radius 1 is 1.44 bits per heavy atom. The van der Waals surface area contributed by atoms with Crippen molar-refractivity contribution in [3.05, 3.63) is 23.8 Å². The monoisotopic (exact) mass is 236 g/mol. The molecule has 0 saturated heterocycles. The fraction of sp³-hybridized carbons (Fsp3) is 0.417. The highest BCUT2D eigenvalue weighted by atomic mass is 32.1. The lowest BCUT2D eigenvalue weighted by Gasteiger charge is -2.19. The molecule has 0 spiro atoms. The maximum absolute atomic E-state index is 5.20. The molecule has 16 heavy (non-hydrogen) atoms. The van der Waals surface area contributed by atoms with Gasteiger partial charge < -0.3 is 10.1 Å². The summed E-state index contributed by atoms with van der Waals surface area (Å²) in [5, 5.41) is 3.38. The second-order valence-corrected chi connectivity index (χ2v) is 5.04. The van der Waals surface area contributed by atoms with Crippen molar-refractivity contribution in [1.29, 1.82) is 0 Å². The summed E-state index contributed by atoms with van der Waals surface area (Å²) in [5.74, 6) is 1.72. The van der Waals surface area contributed by atoms with E-state index in [4.69, 9.17) is 4.74 Å². The van der Waals surface area contributed by atoms with Gasteiger partial charge in [-0.3, -0.25) is 4.99 Å². The SMILES string of the molecule is COc1ccc(S)c(C2=NCC(C)(C)N2)c1. The second-order valence-electron chi connectivity index (χ2n) is 4.56. The molecule has 4 heteroatoms. The molecule has 1 heterocycles. The Bertz CT molecular complexity index is 441. The van der Waals surface area contributed by atoms with Gasteiger partial charge in [0.05, 0.1) is 19.2 Å². The highest BCUT2D eigenvalue weighted by molar-refractivity contribution is 7.80. The Balaban J connectivity index is 2.34. The van der Waals surface area contributed by atoms with Gasteiger partial charge in [-0.05, 0) is 32.0 Å². The molecule has 1 N–H and O–H groups in total. The molecule has 1 aromatic carbocycles. The molecular formula is C12H16N2OS. The van der Waals surface area contributed by atoms with Crippen LogP contribution in [-0.2, 0) is 0 Å². The van der Waals surface area contributed by atoms with E-state index >= 15 is 0 Å². The summed E-state index contributed by atoms with van der Waals surface area (Å²) in [4.78, 5) is 5.40. The number of thiol groups is 1. The lowest BCUT2D eigenvalue weighted by Crippen LogP contribution is -2.39. The molecule has 2 rings (SSSR count). The van der Waals surface area contributed by atoms with Crippen molar-refractivity contribution in [2.75, 3.05) is 13.7 Å². The summed E-state index contributed by atoms with van der Waals surface area (Å²) in [7, 11) is 1.66. The number of hydrogen-bond donors (Lipinski definition) is 2. The van der Waals surface area contributed by atoms with E-state index in [0.717, 1.165) is 28.6 Å². The molecular weight excluding hydrogens is 220 g/mol. The minimum absolute atomic E-state index is 0.0264. The number of amidine groups is 1. The van der Waals surface area contributed by atoms with E-state index in [2.05, 4.69) is 36.8 Å². The predicted octanol–water partition coefficient (Wildman–Crippen LogP) is 2.11. The van der Waals surface area contributed by atoms with Crippen LogP contribution >= 0.6 is 12.6 Å². The summed E-state index contributed by atoms with van der Waals surface area (Å²) in [6, 6.07) is 5.77. The van der Waals surface area contributed by atoms with Crippen LogP contribution in [0.2, 0.25) is 0 Å². The maximum Gasteiger partial charge on any atom is 0.130 e. The van der Waals surface area contributed by atoms with Crippen LogP contribution in [0.15, 0.2) is 28.1 Å². The topological polar surface area (TPSA) is 33.6 Å².